The zero-order valence-electron chi connectivity index (χ0n) is 14.9. The Bertz CT molecular complexity index is 1080. The van der Waals surface area contributed by atoms with Crippen molar-refractivity contribution >= 4 is 56.5 Å². The molecule has 1 aliphatic carbocycles. The fraction of sp³-hybridized carbons (Fsp3) is 0.263. The number of aromatic nitrogens is 2. The average Bonchev–Trinajstić information content (AvgIpc) is 2.98. The molecule has 3 N–H and O–H groups in total. The summed E-state index contributed by atoms with van der Waals surface area (Å²) in [7, 11) is 0. The molecule has 1 aromatic carbocycles. The molecular formula is C19H17ClN4O3S. The number of nitrogens with one attached hydrogen (secondary N) is 2. The molecule has 0 aliphatic heterocycles. The number of anilines is 2. The first kappa shape index (κ1) is 18.6. The van der Waals surface area contributed by atoms with Gasteiger partial charge < -0.3 is 15.7 Å². The van der Waals surface area contributed by atoms with Gasteiger partial charge in [0.25, 0.3) is 0 Å². The van der Waals surface area contributed by atoms with Crippen molar-refractivity contribution in [1.82, 2.24) is 9.97 Å². The SMILES string of the molecule is Cc1nc(NC(=O)[C@H]2C[C@@H](Nc3nccc4ccc(Cl)cc34)C2)sc1C(=O)O. The summed E-state index contributed by atoms with van der Waals surface area (Å²) in [5.74, 6) is -0.567. The van der Waals surface area contributed by atoms with Crippen LogP contribution in [0.4, 0.5) is 10.9 Å². The lowest BCUT2D eigenvalue weighted by atomic mass is 9.79. The number of amides is 1. The van der Waals surface area contributed by atoms with Gasteiger partial charge in [0.2, 0.25) is 5.91 Å². The Labute approximate surface area is 169 Å². The number of carbonyl (C=O) groups excluding carboxylic acids is 1. The Hall–Kier alpha value is -2.71. The number of thiazole rings is 1. The van der Waals surface area contributed by atoms with Gasteiger partial charge in [-0.05, 0) is 43.4 Å². The molecule has 1 fully saturated rings. The molecule has 28 heavy (non-hydrogen) atoms. The number of pyridine rings is 1. The van der Waals surface area contributed by atoms with Gasteiger partial charge in [-0.25, -0.2) is 14.8 Å². The van der Waals surface area contributed by atoms with E-state index in [-0.39, 0.29) is 22.7 Å². The maximum atomic E-state index is 12.4. The van der Waals surface area contributed by atoms with E-state index >= 15 is 0 Å². The molecule has 0 bridgehead atoms. The first-order chi connectivity index (χ1) is 13.4. The summed E-state index contributed by atoms with van der Waals surface area (Å²) in [6, 6.07) is 7.73. The number of carbonyl (C=O) groups is 2. The molecule has 7 nitrogen and oxygen atoms in total. The second-order valence-corrected chi connectivity index (χ2v) is 8.20. The van der Waals surface area contributed by atoms with Gasteiger partial charge in [-0.3, -0.25) is 4.79 Å². The minimum atomic E-state index is -1.04. The number of halogens is 1. The second kappa shape index (κ2) is 7.37. The van der Waals surface area contributed by atoms with Crippen LogP contribution in [0.2, 0.25) is 5.02 Å². The second-order valence-electron chi connectivity index (χ2n) is 6.76. The Morgan fingerprint density at radius 3 is 2.79 bits per heavy atom. The molecule has 0 unspecified atom stereocenters. The van der Waals surface area contributed by atoms with Crippen LogP contribution in [0.5, 0.6) is 0 Å². The number of nitrogens with zero attached hydrogens (tertiary/aromatic N) is 2. The van der Waals surface area contributed by atoms with Gasteiger partial charge in [-0.2, -0.15) is 0 Å². The van der Waals surface area contributed by atoms with Crippen LogP contribution >= 0.6 is 22.9 Å². The molecule has 0 spiro atoms. The Kier molecular flexibility index (Phi) is 4.91. The number of hydrogen-bond donors (Lipinski definition) is 3. The van der Waals surface area contributed by atoms with E-state index in [4.69, 9.17) is 16.7 Å². The summed E-state index contributed by atoms with van der Waals surface area (Å²) in [4.78, 5) is 32.1. The summed E-state index contributed by atoms with van der Waals surface area (Å²) in [5, 5.41) is 18.2. The average molecular weight is 417 g/mol. The molecule has 0 radical (unpaired) electrons. The monoisotopic (exact) mass is 416 g/mol. The summed E-state index contributed by atoms with van der Waals surface area (Å²) in [5.41, 5.74) is 0.404. The summed E-state index contributed by atoms with van der Waals surface area (Å²) in [6.45, 7) is 1.61. The molecule has 2 heterocycles. The number of benzene rings is 1. The maximum Gasteiger partial charge on any atom is 0.347 e. The number of aryl methyl sites for hydroxylation is 1. The van der Waals surface area contributed by atoms with E-state index in [0.717, 1.165) is 27.9 Å². The molecule has 0 atom stereocenters. The lowest BCUT2D eigenvalue weighted by molar-refractivity contribution is -0.122. The van der Waals surface area contributed by atoms with Gasteiger partial charge in [-0.1, -0.05) is 29.0 Å². The third-order valence-corrected chi connectivity index (χ3v) is 6.09. The standard InChI is InChI=1S/C19H17ClN4O3S/c1-9-15(18(26)27)28-19(22-9)24-17(25)11-6-13(7-11)23-16-14-8-12(20)3-2-10(14)4-5-21-16/h2-5,8,11,13H,6-7H2,1H3,(H,21,23)(H,26,27)(H,22,24,25)/t11-,13+. The van der Waals surface area contributed by atoms with Crippen LogP contribution in [0.1, 0.15) is 28.2 Å². The fourth-order valence-electron chi connectivity index (χ4n) is 3.25. The summed E-state index contributed by atoms with van der Waals surface area (Å²) in [6.07, 6.45) is 3.08. The molecule has 9 heteroatoms. The third-order valence-electron chi connectivity index (χ3n) is 4.80. The van der Waals surface area contributed by atoms with E-state index in [1.165, 1.54) is 0 Å². The van der Waals surface area contributed by atoms with E-state index in [9.17, 15) is 9.59 Å². The molecule has 0 saturated heterocycles. The lowest BCUT2D eigenvalue weighted by Crippen LogP contribution is -2.42. The molecule has 1 amide bonds. The van der Waals surface area contributed by atoms with Crippen molar-refractivity contribution in [2.75, 3.05) is 10.6 Å². The highest BCUT2D eigenvalue weighted by molar-refractivity contribution is 7.17. The van der Waals surface area contributed by atoms with Crippen molar-refractivity contribution in [3.05, 3.63) is 46.1 Å². The Morgan fingerprint density at radius 2 is 2.07 bits per heavy atom. The van der Waals surface area contributed by atoms with Gasteiger partial charge in [0.05, 0.1) is 5.69 Å². The number of rotatable bonds is 5. The molecule has 1 saturated carbocycles. The van der Waals surface area contributed by atoms with Crippen LogP contribution < -0.4 is 10.6 Å². The normalized spacial score (nSPS) is 18.5. The molecule has 1 aliphatic rings. The van der Waals surface area contributed by atoms with Gasteiger partial charge in [0.15, 0.2) is 5.13 Å². The number of fused-ring (bicyclic) bond motifs is 1. The van der Waals surface area contributed by atoms with Crippen molar-refractivity contribution in [2.24, 2.45) is 5.92 Å². The highest BCUT2D eigenvalue weighted by Gasteiger charge is 2.35. The lowest BCUT2D eigenvalue weighted by Gasteiger charge is -2.35. The zero-order chi connectivity index (χ0) is 19.8. The van der Waals surface area contributed by atoms with Crippen molar-refractivity contribution in [3.8, 4) is 0 Å². The van der Waals surface area contributed by atoms with Crippen molar-refractivity contribution in [2.45, 2.75) is 25.8 Å². The Morgan fingerprint density at radius 1 is 1.29 bits per heavy atom. The third kappa shape index (κ3) is 3.65. The number of aromatic carboxylic acids is 1. The molecular weight excluding hydrogens is 400 g/mol. The van der Waals surface area contributed by atoms with Crippen LogP contribution in [-0.2, 0) is 4.79 Å². The van der Waals surface area contributed by atoms with Crippen molar-refractivity contribution in [1.29, 1.82) is 0 Å². The minimum Gasteiger partial charge on any atom is -0.477 e. The largest absolute Gasteiger partial charge is 0.477 e. The van der Waals surface area contributed by atoms with Crippen molar-refractivity contribution in [3.63, 3.8) is 0 Å². The van der Waals surface area contributed by atoms with Crippen LogP contribution in [0.15, 0.2) is 30.5 Å². The molecule has 3 aromatic rings. The van der Waals surface area contributed by atoms with E-state index in [0.29, 0.717) is 28.7 Å². The van der Waals surface area contributed by atoms with E-state index in [2.05, 4.69) is 20.6 Å². The summed E-state index contributed by atoms with van der Waals surface area (Å²) >= 11 is 7.07. The van der Waals surface area contributed by atoms with Crippen LogP contribution in [0, 0.1) is 12.8 Å². The van der Waals surface area contributed by atoms with Gasteiger partial charge in [0, 0.05) is 28.6 Å². The first-order valence-corrected chi connectivity index (χ1v) is 9.92. The maximum absolute atomic E-state index is 12.4. The van der Waals surface area contributed by atoms with Gasteiger partial charge in [-0.15, -0.1) is 0 Å². The highest BCUT2D eigenvalue weighted by Crippen LogP contribution is 2.34. The fourth-order valence-corrected chi connectivity index (χ4v) is 4.23. The van der Waals surface area contributed by atoms with E-state index in [1.54, 1.807) is 13.1 Å². The molecule has 4 rings (SSSR count). The Balaban J connectivity index is 1.37. The topological polar surface area (TPSA) is 104 Å². The van der Waals surface area contributed by atoms with Gasteiger partial charge in [0.1, 0.15) is 10.7 Å². The van der Waals surface area contributed by atoms with Crippen LogP contribution in [0.25, 0.3) is 10.8 Å². The predicted octanol–water partition coefficient (Wildman–Crippen LogP) is 4.18. The molecule has 144 valence electrons. The first-order valence-electron chi connectivity index (χ1n) is 8.73. The number of hydrogen-bond acceptors (Lipinski definition) is 6. The smallest absolute Gasteiger partial charge is 0.347 e. The molecule has 2 aromatic heterocycles. The predicted molar refractivity (Wildman–Crippen MR) is 109 cm³/mol. The number of carboxylic acid groups (broad SMARTS) is 1. The van der Waals surface area contributed by atoms with Crippen molar-refractivity contribution < 1.29 is 14.7 Å². The van der Waals surface area contributed by atoms with E-state index < -0.39 is 5.97 Å². The number of carboxylic acids is 1. The highest BCUT2D eigenvalue weighted by atomic mass is 35.5. The minimum absolute atomic E-state index is 0.139. The van der Waals surface area contributed by atoms with Gasteiger partial charge >= 0.3 is 5.97 Å². The van der Waals surface area contributed by atoms with Crippen LogP contribution in [0.3, 0.4) is 0 Å². The van der Waals surface area contributed by atoms with Crippen LogP contribution in [-0.4, -0.2) is 33.0 Å². The zero-order valence-corrected chi connectivity index (χ0v) is 16.5. The quantitative estimate of drug-likeness (QED) is 0.576. The summed E-state index contributed by atoms with van der Waals surface area (Å²) < 4.78 is 0. The van der Waals surface area contributed by atoms with E-state index in [1.807, 2.05) is 24.3 Å².